The van der Waals surface area contributed by atoms with E-state index in [2.05, 4.69) is 10.4 Å². The van der Waals surface area contributed by atoms with Crippen LogP contribution in [-0.4, -0.2) is 20.1 Å². The quantitative estimate of drug-likeness (QED) is 0.605. The van der Waals surface area contributed by atoms with E-state index in [1.807, 2.05) is 24.3 Å². The van der Waals surface area contributed by atoms with Crippen molar-refractivity contribution in [2.75, 3.05) is 0 Å². The molecule has 0 saturated heterocycles. The first-order valence-corrected chi connectivity index (χ1v) is 8.52. The molecule has 2 aromatic carbocycles. The fraction of sp³-hybridized carbons (Fsp3) is 0.150. The van der Waals surface area contributed by atoms with E-state index in [0.29, 0.717) is 11.3 Å². The van der Waals surface area contributed by atoms with Crippen molar-refractivity contribution in [3.63, 3.8) is 0 Å². The number of aryl methyl sites for hydroxylation is 1. The molecule has 7 heteroatoms. The Hall–Kier alpha value is -3.48. The highest BCUT2D eigenvalue weighted by atomic mass is 19.1. The van der Waals surface area contributed by atoms with Gasteiger partial charge in [-0.25, -0.2) is 9.07 Å². The van der Waals surface area contributed by atoms with Gasteiger partial charge < -0.3 is 5.32 Å². The van der Waals surface area contributed by atoms with Gasteiger partial charge in [0.15, 0.2) is 0 Å². The van der Waals surface area contributed by atoms with Crippen LogP contribution in [-0.2, 0) is 17.9 Å². The summed E-state index contributed by atoms with van der Waals surface area (Å²) >= 11 is 0. The van der Waals surface area contributed by atoms with Gasteiger partial charge in [-0.1, -0.05) is 30.3 Å². The minimum atomic E-state index is -0.339. The van der Waals surface area contributed by atoms with Gasteiger partial charge in [0.1, 0.15) is 23.7 Å². The third-order valence-electron chi connectivity index (χ3n) is 4.45. The van der Waals surface area contributed by atoms with Gasteiger partial charge in [-0.05, 0) is 36.8 Å². The van der Waals surface area contributed by atoms with Crippen LogP contribution in [0.25, 0.3) is 16.4 Å². The second-order valence-electron chi connectivity index (χ2n) is 6.34. The van der Waals surface area contributed by atoms with Crippen molar-refractivity contribution in [2.45, 2.75) is 20.0 Å². The second kappa shape index (κ2) is 6.68. The highest BCUT2D eigenvalue weighted by Crippen LogP contribution is 2.18. The molecule has 6 nitrogen and oxygen atoms in total. The number of para-hydroxylation sites is 1. The van der Waals surface area contributed by atoms with E-state index < -0.39 is 0 Å². The first-order chi connectivity index (χ1) is 13.0. The lowest BCUT2D eigenvalue weighted by atomic mass is 10.2. The van der Waals surface area contributed by atoms with Gasteiger partial charge in [-0.3, -0.25) is 14.0 Å². The summed E-state index contributed by atoms with van der Waals surface area (Å²) in [5.41, 5.74) is 1.83. The summed E-state index contributed by atoms with van der Waals surface area (Å²) in [5, 5.41) is 7.95. The van der Waals surface area contributed by atoms with Crippen molar-refractivity contribution in [3.05, 3.63) is 82.2 Å². The Morgan fingerprint density at radius 1 is 1.11 bits per heavy atom. The van der Waals surface area contributed by atoms with Gasteiger partial charge >= 0.3 is 0 Å². The molecule has 0 bridgehead atoms. The maximum atomic E-state index is 12.9. The molecule has 136 valence electrons. The van der Waals surface area contributed by atoms with Gasteiger partial charge in [0.25, 0.3) is 5.56 Å². The van der Waals surface area contributed by atoms with Crippen molar-refractivity contribution in [3.8, 4) is 0 Å². The number of fused-ring (bicyclic) bond motifs is 3. The molecule has 27 heavy (non-hydrogen) atoms. The van der Waals surface area contributed by atoms with Crippen LogP contribution >= 0.6 is 0 Å². The predicted molar refractivity (Wildman–Crippen MR) is 99.9 cm³/mol. The monoisotopic (exact) mass is 364 g/mol. The number of benzene rings is 2. The first kappa shape index (κ1) is 17.0. The number of carbonyl (C=O) groups excluding carboxylic acids is 1. The van der Waals surface area contributed by atoms with Gasteiger partial charge in [0.2, 0.25) is 5.91 Å². The fourth-order valence-corrected chi connectivity index (χ4v) is 3.16. The van der Waals surface area contributed by atoms with Crippen molar-refractivity contribution < 1.29 is 9.18 Å². The Bertz CT molecular complexity index is 1210. The number of amides is 1. The summed E-state index contributed by atoms with van der Waals surface area (Å²) in [5.74, 6) is -0.0462. The summed E-state index contributed by atoms with van der Waals surface area (Å²) in [6.45, 7) is 1.87. The van der Waals surface area contributed by atoms with Crippen LogP contribution in [0.1, 0.15) is 11.4 Å². The minimum Gasteiger partial charge on any atom is -0.350 e. The van der Waals surface area contributed by atoms with Crippen LogP contribution in [0.2, 0.25) is 0 Å². The van der Waals surface area contributed by atoms with Crippen LogP contribution in [0.3, 0.4) is 0 Å². The molecule has 4 aromatic rings. The largest absolute Gasteiger partial charge is 0.350 e. The molecule has 1 N–H and O–H groups in total. The zero-order chi connectivity index (χ0) is 19.0. The molecule has 0 aliphatic rings. The van der Waals surface area contributed by atoms with Gasteiger partial charge in [-0.2, -0.15) is 5.10 Å². The summed E-state index contributed by atoms with van der Waals surface area (Å²) in [7, 11) is 0. The van der Waals surface area contributed by atoms with E-state index in [-0.39, 0.29) is 30.4 Å². The number of nitrogens with zero attached hydrogens (tertiary/aromatic N) is 3. The average Bonchev–Trinajstić information content (AvgIpc) is 3.06. The maximum Gasteiger partial charge on any atom is 0.291 e. The molecule has 0 atom stereocenters. The molecule has 0 unspecified atom stereocenters. The van der Waals surface area contributed by atoms with E-state index in [4.69, 9.17) is 0 Å². The van der Waals surface area contributed by atoms with Crippen molar-refractivity contribution in [1.82, 2.24) is 19.5 Å². The van der Waals surface area contributed by atoms with Crippen molar-refractivity contribution in [1.29, 1.82) is 0 Å². The smallest absolute Gasteiger partial charge is 0.291 e. The Balaban J connectivity index is 1.59. The molecular formula is C20H17FN4O2. The number of aromatic nitrogens is 3. The number of rotatable bonds is 4. The van der Waals surface area contributed by atoms with Crippen molar-refractivity contribution >= 4 is 22.3 Å². The number of hydrogen-bond acceptors (Lipinski definition) is 3. The van der Waals surface area contributed by atoms with E-state index in [9.17, 15) is 14.0 Å². The Kier molecular flexibility index (Phi) is 4.19. The maximum absolute atomic E-state index is 12.9. The summed E-state index contributed by atoms with van der Waals surface area (Å²) in [6, 6.07) is 15.3. The summed E-state index contributed by atoms with van der Waals surface area (Å²) < 4.78 is 15.9. The Morgan fingerprint density at radius 3 is 2.63 bits per heavy atom. The Labute approximate surface area is 153 Å². The minimum absolute atomic E-state index is 0.182. The lowest BCUT2D eigenvalue weighted by molar-refractivity contribution is -0.122. The van der Waals surface area contributed by atoms with Crippen LogP contribution in [0.4, 0.5) is 4.39 Å². The summed E-state index contributed by atoms with van der Waals surface area (Å²) in [4.78, 5) is 25.0. The number of hydrogen-bond donors (Lipinski definition) is 1. The molecule has 0 aliphatic carbocycles. The van der Waals surface area contributed by atoms with Gasteiger partial charge in [0.05, 0.1) is 5.52 Å². The van der Waals surface area contributed by atoms with Crippen LogP contribution in [0.15, 0.2) is 59.4 Å². The van der Waals surface area contributed by atoms with E-state index in [1.165, 1.54) is 16.8 Å². The van der Waals surface area contributed by atoms with Crippen LogP contribution < -0.4 is 10.9 Å². The van der Waals surface area contributed by atoms with Crippen LogP contribution in [0.5, 0.6) is 0 Å². The summed E-state index contributed by atoms with van der Waals surface area (Å²) in [6.07, 6.45) is 0. The molecule has 2 heterocycles. The van der Waals surface area contributed by atoms with Gasteiger partial charge in [-0.15, -0.1) is 0 Å². The van der Waals surface area contributed by atoms with E-state index in [0.717, 1.165) is 16.5 Å². The zero-order valence-corrected chi connectivity index (χ0v) is 14.6. The Morgan fingerprint density at radius 2 is 1.85 bits per heavy atom. The molecule has 0 saturated carbocycles. The third kappa shape index (κ3) is 3.19. The second-order valence-corrected chi connectivity index (χ2v) is 6.34. The number of halogens is 1. The number of carbonyl (C=O) groups is 1. The van der Waals surface area contributed by atoms with E-state index >= 15 is 0 Å². The molecule has 0 fully saturated rings. The standard InChI is InChI=1S/C20H17FN4O2/c1-13-23-24(12-19(26)22-11-14-6-8-16(21)9-7-14)20(27)18-10-15-4-2-3-5-17(15)25(13)18/h2-10H,11-12H2,1H3,(H,22,26). The normalized spacial score (nSPS) is 11.2. The SMILES string of the molecule is Cc1nn(CC(=O)NCc2ccc(F)cc2)c(=O)c2cc3ccccc3n12. The zero-order valence-electron chi connectivity index (χ0n) is 14.6. The molecule has 4 rings (SSSR count). The highest BCUT2D eigenvalue weighted by molar-refractivity contribution is 5.87. The molecule has 2 aromatic heterocycles. The van der Waals surface area contributed by atoms with Crippen molar-refractivity contribution in [2.24, 2.45) is 0 Å². The van der Waals surface area contributed by atoms with E-state index in [1.54, 1.807) is 29.5 Å². The molecular weight excluding hydrogens is 347 g/mol. The first-order valence-electron chi connectivity index (χ1n) is 8.52. The highest BCUT2D eigenvalue weighted by Gasteiger charge is 2.13. The number of nitrogens with one attached hydrogen (secondary N) is 1. The average molecular weight is 364 g/mol. The lowest BCUT2D eigenvalue weighted by Crippen LogP contribution is -2.34. The van der Waals surface area contributed by atoms with Crippen LogP contribution in [0, 0.1) is 12.7 Å². The fourth-order valence-electron chi connectivity index (χ4n) is 3.16. The third-order valence-corrected chi connectivity index (χ3v) is 4.45. The molecule has 0 spiro atoms. The topological polar surface area (TPSA) is 68.4 Å². The molecule has 1 amide bonds. The molecule has 0 radical (unpaired) electrons. The lowest BCUT2D eigenvalue weighted by Gasteiger charge is -2.09. The van der Waals surface area contributed by atoms with Gasteiger partial charge in [0, 0.05) is 11.9 Å². The molecule has 0 aliphatic heterocycles. The predicted octanol–water partition coefficient (Wildman–Crippen LogP) is 2.41.